The van der Waals surface area contributed by atoms with Gasteiger partial charge in [0.15, 0.2) is 0 Å². The third kappa shape index (κ3) is 3.82. The predicted molar refractivity (Wildman–Crippen MR) is 62.8 cm³/mol. The topological polar surface area (TPSA) is 32.3 Å². The van der Waals surface area contributed by atoms with Crippen molar-refractivity contribution in [1.29, 1.82) is 0 Å². The molecule has 1 atom stereocenters. The van der Waals surface area contributed by atoms with Gasteiger partial charge in [0.1, 0.15) is 0 Å². The van der Waals surface area contributed by atoms with Gasteiger partial charge in [0.25, 0.3) is 0 Å². The van der Waals surface area contributed by atoms with Gasteiger partial charge >= 0.3 is 0 Å². The summed E-state index contributed by atoms with van der Waals surface area (Å²) in [6.07, 6.45) is 6.94. The van der Waals surface area contributed by atoms with Crippen molar-refractivity contribution in [3.63, 3.8) is 0 Å². The number of hydrogen-bond acceptors (Lipinski definition) is 2. The van der Waals surface area contributed by atoms with E-state index in [2.05, 4.69) is 12.2 Å². The molecule has 0 aromatic carbocycles. The van der Waals surface area contributed by atoms with E-state index in [1.807, 2.05) is 11.9 Å². The SMILES string of the molecule is CCCCC[C@H](NC)C(=O)N1CCCC1. The van der Waals surface area contributed by atoms with Crippen LogP contribution >= 0.6 is 0 Å². The average Bonchev–Trinajstić information content (AvgIpc) is 2.77. The van der Waals surface area contributed by atoms with E-state index in [0.29, 0.717) is 5.91 Å². The quantitative estimate of drug-likeness (QED) is 0.681. The van der Waals surface area contributed by atoms with Gasteiger partial charge in [-0.2, -0.15) is 0 Å². The number of carbonyl (C=O) groups excluding carboxylic acids is 1. The molecule has 1 amide bonds. The lowest BCUT2D eigenvalue weighted by molar-refractivity contribution is -0.132. The lowest BCUT2D eigenvalue weighted by Crippen LogP contribution is -2.44. The van der Waals surface area contributed by atoms with Crippen LogP contribution in [0.25, 0.3) is 0 Å². The maximum Gasteiger partial charge on any atom is 0.239 e. The Balaban J connectivity index is 2.32. The molecular weight excluding hydrogens is 188 g/mol. The summed E-state index contributed by atoms with van der Waals surface area (Å²) in [5.41, 5.74) is 0. The van der Waals surface area contributed by atoms with Crippen molar-refractivity contribution in [2.45, 2.75) is 51.5 Å². The fourth-order valence-corrected chi connectivity index (χ4v) is 2.15. The van der Waals surface area contributed by atoms with Gasteiger partial charge in [-0.3, -0.25) is 4.79 Å². The number of amides is 1. The second-order valence-corrected chi connectivity index (χ2v) is 4.37. The van der Waals surface area contributed by atoms with E-state index >= 15 is 0 Å². The highest BCUT2D eigenvalue weighted by molar-refractivity contribution is 5.82. The Labute approximate surface area is 93.2 Å². The molecule has 0 aliphatic carbocycles. The van der Waals surface area contributed by atoms with Crippen molar-refractivity contribution in [2.24, 2.45) is 0 Å². The maximum absolute atomic E-state index is 12.0. The van der Waals surface area contributed by atoms with E-state index in [9.17, 15) is 4.79 Å². The number of unbranched alkanes of at least 4 members (excludes halogenated alkanes) is 2. The summed E-state index contributed by atoms with van der Waals surface area (Å²) < 4.78 is 0. The summed E-state index contributed by atoms with van der Waals surface area (Å²) in [5, 5.41) is 3.15. The van der Waals surface area contributed by atoms with Crippen molar-refractivity contribution < 1.29 is 4.79 Å². The lowest BCUT2D eigenvalue weighted by atomic mass is 10.1. The first-order valence-electron chi connectivity index (χ1n) is 6.25. The van der Waals surface area contributed by atoms with E-state index in [0.717, 1.165) is 25.9 Å². The number of carbonyl (C=O) groups is 1. The van der Waals surface area contributed by atoms with Crippen LogP contribution in [-0.2, 0) is 4.79 Å². The molecule has 0 spiro atoms. The van der Waals surface area contributed by atoms with Crippen LogP contribution < -0.4 is 5.32 Å². The minimum absolute atomic E-state index is 0.0506. The first kappa shape index (κ1) is 12.5. The van der Waals surface area contributed by atoms with Crippen LogP contribution in [0.1, 0.15) is 45.4 Å². The van der Waals surface area contributed by atoms with E-state index in [1.54, 1.807) is 0 Å². The number of likely N-dealkylation sites (N-methyl/N-ethyl adjacent to an activating group) is 1. The van der Waals surface area contributed by atoms with Crippen LogP contribution in [0.3, 0.4) is 0 Å². The van der Waals surface area contributed by atoms with Crippen molar-refractivity contribution >= 4 is 5.91 Å². The minimum atomic E-state index is 0.0506. The zero-order valence-corrected chi connectivity index (χ0v) is 10.1. The van der Waals surface area contributed by atoms with Crippen LogP contribution in [0, 0.1) is 0 Å². The normalized spacial score (nSPS) is 18.1. The van der Waals surface area contributed by atoms with Crippen molar-refractivity contribution in [1.82, 2.24) is 10.2 Å². The highest BCUT2D eigenvalue weighted by Gasteiger charge is 2.24. The van der Waals surface area contributed by atoms with Crippen molar-refractivity contribution in [3.05, 3.63) is 0 Å². The number of rotatable bonds is 6. The molecule has 1 rings (SSSR count). The summed E-state index contributed by atoms with van der Waals surface area (Å²) in [6, 6.07) is 0.0506. The molecule has 15 heavy (non-hydrogen) atoms. The average molecular weight is 212 g/mol. The molecule has 1 N–H and O–H groups in total. The van der Waals surface area contributed by atoms with Crippen molar-refractivity contribution in [3.8, 4) is 0 Å². The molecule has 0 aromatic rings. The molecule has 88 valence electrons. The van der Waals surface area contributed by atoms with E-state index < -0.39 is 0 Å². The number of nitrogens with one attached hydrogen (secondary N) is 1. The van der Waals surface area contributed by atoms with Crippen molar-refractivity contribution in [2.75, 3.05) is 20.1 Å². The number of likely N-dealkylation sites (tertiary alicyclic amines) is 1. The third-order valence-corrected chi connectivity index (χ3v) is 3.16. The molecule has 0 radical (unpaired) electrons. The molecule has 0 bridgehead atoms. The predicted octanol–water partition coefficient (Wildman–Crippen LogP) is 1.78. The molecule has 0 aromatic heterocycles. The molecular formula is C12H24N2O. The van der Waals surface area contributed by atoms with Crippen LogP contribution in [0.5, 0.6) is 0 Å². The fraction of sp³-hybridized carbons (Fsp3) is 0.917. The molecule has 0 saturated carbocycles. The van der Waals surface area contributed by atoms with Gasteiger partial charge < -0.3 is 10.2 Å². The summed E-state index contributed by atoms with van der Waals surface area (Å²) in [4.78, 5) is 14.0. The highest BCUT2D eigenvalue weighted by atomic mass is 16.2. The minimum Gasteiger partial charge on any atom is -0.341 e. The monoisotopic (exact) mass is 212 g/mol. The Hall–Kier alpha value is -0.570. The largest absolute Gasteiger partial charge is 0.341 e. The molecule has 3 nitrogen and oxygen atoms in total. The summed E-state index contributed by atoms with van der Waals surface area (Å²) in [5.74, 6) is 0.311. The zero-order chi connectivity index (χ0) is 11.1. The van der Waals surface area contributed by atoms with Gasteiger partial charge in [0.05, 0.1) is 6.04 Å². The molecule has 3 heteroatoms. The Morgan fingerprint density at radius 3 is 2.53 bits per heavy atom. The Bertz CT molecular complexity index is 188. The van der Waals surface area contributed by atoms with E-state index in [-0.39, 0.29) is 6.04 Å². The van der Waals surface area contributed by atoms with Crippen LogP contribution in [0.15, 0.2) is 0 Å². The van der Waals surface area contributed by atoms with Crippen LogP contribution in [0.4, 0.5) is 0 Å². The van der Waals surface area contributed by atoms with Gasteiger partial charge in [0.2, 0.25) is 5.91 Å². The lowest BCUT2D eigenvalue weighted by Gasteiger charge is -2.22. The molecule has 0 unspecified atom stereocenters. The summed E-state index contributed by atoms with van der Waals surface area (Å²) in [7, 11) is 1.89. The van der Waals surface area contributed by atoms with Gasteiger partial charge in [-0.25, -0.2) is 0 Å². The first-order valence-corrected chi connectivity index (χ1v) is 6.25. The van der Waals surface area contributed by atoms with E-state index in [4.69, 9.17) is 0 Å². The fourth-order valence-electron chi connectivity index (χ4n) is 2.15. The molecule has 1 aliphatic heterocycles. The second kappa shape index (κ2) is 6.83. The number of hydrogen-bond donors (Lipinski definition) is 1. The molecule has 1 aliphatic rings. The van der Waals surface area contributed by atoms with Crippen LogP contribution in [0.2, 0.25) is 0 Å². The Morgan fingerprint density at radius 2 is 2.00 bits per heavy atom. The van der Waals surface area contributed by atoms with Gasteiger partial charge in [-0.05, 0) is 26.3 Å². The third-order valence-electron chi connectivity index (χ3n) is 3.16. The molecule has 1 heterocycles. The molecule has 1 fully saturated rings. The second-order valence-electron chi connectivity index (χ2n) is 4.37. The van der Waals surface area contributed by atoms with Crippen LogP contribution in [-0.4, -0.2) is 37.0 Å². The summed E-state index contributed by atoms with van der Waals surface area (Å²) in [6.45, 7) is 4.12. The van der Waals surface area contributed by atoms with E-state index in [1.165, 1.54) is 25.7 Å². The summed E-state index contributed by atoms with van der Waals surface area (Å²) >= 11 is 0. The smallest absolute Gasteiger partial charge is 0.239 e. The molecule has 1 saturated heterocycles. The maximum atomic E-state index is 12.0. The van der Waals surface area contributed by atoms with Gasteiger partial charge in [-0.1, -0.05) is 26.2 Å². The Morgan fingerprint density at radius 1 is 1.33 bits per heavy atom. The Kier molecular flexibility index (Phi) is 5.69. The zero-order valence-electron chi connectivity index (χ0n) is 10.1. The highest BCUT2D eigenvalue weighted by Crippen LogP contribution is 2.12. The van der Waals surface area contributed by atoms with Gasteiger partial charge in [-0.15, -0.1) is 0 Å². The standard InChI is InChI=1S/C12H24N2O/c1-3-4-5-8-11(13-2)12(15)14-9-6-7-10-14/h11,13H,3-10H2,1-2H3/t11-/m0/s1. The number of nitrogens with zero attached hydrogens (tertiary/aromatic N) is 1. The first-order chi connectivity index (χ1) is 7.29. The van der Waals surface area contributed by atoms with Gasteiger partial charge in [0, 0.05) is 13.1 Å².